The zero-order chi connectivity index (χ0) is 13.3. The molecule has 1 aromatic carbocycles. The highest BCUT2D eigenvalue weighted by Gasteiger charge is 2.29. The van der Waals surface area contributed by atoms with Crippen molar-refractivity contribution in [3.63, 3.8) is 0 Å². The highest BCUT2D eigenvalue weighted by molar-refractivity contribution is 5.25. The zero-order valence-electron chi connectivity index (χ0n) is 10.6. The number of nitrogens with one attached hydrogen (secondary N) is 1. The van der Waals surface area contributed by atoms with E-state index < -0.39 is 17.5 Å². The van der Waals surface area contributed by atoms with Gasteiger partial charge in [0.15, 0.2) is 17.5 Å². The molecule has 0 amide bonds. The van der Waals surface area contributed by atoms with Crippen LogP contribution in [0.25, 0.3) is 0 Å². The molecule has 0 spiro atoms. The predicted molar refractivity (Wildman–Crippen MR) is 64.9 cm³/mol. The van der Waals surface area contributed by atoms with Crippen LogP contribution in [0, 0.1) is 23.4 Å². The van der Waals surface area contributed by atoms with Crippen LogP contribution in [0.2, 0.25) is 0 Å². The third-order valence-electron chi connectivity index (χ3n) is 3.51. The van der Waals surface area contributed by atoms with Gasteiger partial charge in [-0.15, -0.1) is 0 Å². The Kier molecular flexibility index (Phi) is 3.95. The van der Waals surface area contributed by atoms with E-state index >= 15 is 0 Å². The van der Waals surface area contributed by atoms with Gasteiger partial charge in [0.05, 0.1) is 0 Å². The van der Waals surface area contributed by atoms with Crippen molar-refractivity contribution in [1.29, 1.82) is 0 Å². The van der Waals surface area contributed by atoms with Gasteiger partial charge in [-0.1, -0.05) is 13.8 Å². The van der Waals surface area contributed by atoms with E-state index in [0.29, 0.717) is 11.5 Å². The molecule has 1 N–H and O–H groups in total. The summed E-state index contributed by atoms with van der Waals surface area (Å²) in [4.78, 5) is 0. The van der Waals surface area contributed by atoms with Gasteiger partial charge < -0.3 is 5.32 Å². The maximum atomic E-state index is 13.2. The van der Waals surface area contributed by atoms with Crippen molar-refractivity contribution < 1.29 is 13.2 Å². The van der Waals surface area contributed by atoms with Crippen LogP contribution >= 0.6 is 0 Å². The molecule has 2 atom stereocenters. The highest BCUT2D eigenvalue weighted by Crippen LogP contribution is 2.32. The van der Waals surface area contributed by atoms with Crippen molar-refractivity contribution in [2.45, 2.75) is 38.6 Å². The summed E-state index contributed by atoms with van der Waals surface area (Å²) in [6.07, 6.45) is 1.78. The molecule has 1 aliphatic rings. The fourth-order valence-corrected chi connectivity index (χ4v) is 2.71. The fraction of sp³-hybridized carbons (Fsp3) is 0.571. The summed E-state index contributed by atoms with van der Waals surface area (Å²) < 4.78 is 39.4. The summed E-state index contributed by atoms with van der Waals surface area (Å²) in [5.41, 5.74) is 0.557. The standard InChI is InChI=1S/C14H18F3N/c1-8(2)5-13-10(3-4-18-13)9-6-11(15)14(17)12(16)7-9/h6-8,10,13,18H,3-5H2,1-2H3. The smallest absolute Gasteiger partial charge is 0.194 e. The van der Waals surface area contributed by atoms with Gasteiger partial charge in [-0.2, -0.15) is 0 Å². The first-order chi connectivity index (χ1) is 8.49. The quantitative estimate of drug-likeness (QED) is 0.816. The molecule has 0 radical (unpaired) electrons. The molecule has 100 valence electrons. The van der Waals surface area contributed by atoms with Gasteiger partial charge in [-0.25, -0.2) is 13.2 Å². The van der Waals surface area contributed by atoms with Crippen LogP contribution in [0.1, 0.15) is 38.2 Å². The van der Waals surface area contributed by atoms with Crippen molar-refractivity contribution in [3.05, 3.63) is 35.1 Å². The molecule has 0 bridgehead atoms. The van der Waals surface area contributed by atoms with Gasteiger partial charge in [0.25, 0.3) is 0 Å². The molecule has 0 aromatic heterocycles. The van der Waals surface area contributed by atoms with Gasteiger partial charge in [-0.05, 0) is 43.0 Å². The number of rotatable bonds is 3. The third kappa shape index (κ3) is 2.69. The molecular weight excluding hydrogens is 239 g/mol. The van der Waals surface area contributed by atoms with Crippen LogP contribution in [0.3, 0.4) is 0 Å². The molecule has 1 saturated heterocycles. The second kappa shape index (κ2) is 5.31. The molecule has 1 fully saturated rings. The van der Waals surface area contributed by atoms with E-state index in [-0.39, 0.29) is 12.0 Å². The Balaban J connectivity index is 2.25. The first-order valence-electron chi connectivity index (χ1n) is 6.37. The Morgan fingerprint density at radius 2 is 1.83 bits per heavy atom. The molecule has 0 aliphatic carbocycles. The van der Waals surface area contributed by atoms with Crippen molar-refractivity contribution in [2.75, 3.05) is 6.54 Å². The van der Waals surface area contributed by atoms with Crippen LogP contribution in [-0.4, -0.2) is 12.6 Å². The minimum atomic E-state index is -1.38. The number of hydrogen-bond donors (Lipinski definition) is 1. The van der Waals surface area contributed by atoms with Crippen LogP contribution < -0.4 is 5.32 Å². The molecule has 2 rings (SSSR count). The first kappa shape index (κ1) is 13.4. The zero-order valence-corrected chi connectivity index (χ0v) is 10.6. The lowest BCUT2D eigenvalue weighted by Gasteiger charge is -2.22. The van der Waals surface area contributed by atoms with E-state index in [0.717, 1.165) is 31.5 Å². The van der Waals surface area contributed by atoms with Crippen LogP contribution in [0.5, 0.6) is 0 Å². The lowest BCUT2D eigenvalue weighted by atomic mass is 9.87. The lowest BCUT2D eigenvalue weighted by molar-refractivity contribution is 0.421. The highest BCUT2D eigenvalue weighted by atomic mass is 19.2. The SMILES string of the molecule is CC(C)CC1NCCC1c1cc(F)c(F)c(F)c1. The van der Waals surface area contributed by atoms with Crippen LogP contribution in [0.15, 0.2) is 12.1 Å². The van der Waals surface area contributed by atoms with Crippen molar-refractivity contribution in [1.82, 2.24) is 5.32 Å². The lowest BCUT2D eigenvalue weighted by Crippen LogP contribution is -2.27. The Morgan fingerprint density at radius 1 is 1.22 bits per heavy atom. The van der Waals surface area contributed by atoms with E-state index in [2.05, 4.69) is 19.2 Å². The molecule has 4 heteroatoms. The summed E-state index contributed by atoms with van der Waals surface area (Å²) in [6.45, 7) is 5.06. The van der Waals surface area contributed by atoms with Gasteiger partial charge in [-0.3, -0.25) is 0 Å². The maximum absolute atomic E-state index is 13.2. The average Bonchev–Trinajstić information content (AvgIpc) is 2.72. The maximum Gasteiger partial charge on any atom is 0.194 e. The van der Waals surface area contributed by atoms with E-state index in [1.807, 2.05) is 0 Å². The monoisotopic (exact) mass is 257 g/mol. The van der Waals surface area contributed by atoms with E-state index in [1.54, 1.807) is 0 Å². The number of halogens is 3. The van der Waals surface area contributed by atoms with Crippen molar-refractivity contribution >= 4 is 0 Å². The summed E-state index contributed by atoms with van der Waals surface area (Å²) in [5.74, 6) is -3.00. The normalized spacial score (nSPS) is 23.9. The van der Waals surface area contributed by atoms with Gasteiger partial charge in [0.1, 0.15) is 0 Å². The molecule has 0 saturated carbocycles. The molecular formula is C14H18F3N. The molecule has 1 heterocycles. The second-order valence-electron chi connectivity index (χ2n) is 5.38. The molecule has 2 unspecified atom stereocenters. The molecule has 1 aromatic rings. The molecule has 1 aliphatic heterocycles. The predicted octanol–water partition coefficient (Wildman–Crippen LogP) is 3.60. The van der Waals surface area contributed by atoms with Crippen molar-refractivity contribution in [2.24, 2.45) is 5.92 Å². The minimum absolute atomic E-state index is 0.0667. The largest absolute Gasteiger partial charge is 0.313 e. The summed E-state index contributed by atoms with van der Waals surface area (Å²) in [7, 11) is 0. The topological polar surface area (TPSA) is 12.0 Å². The third-order valence-corrected chi connectivity index (χ3v) is 3.51. The first-order valence-corrected chi connectivity index (χ1v) is 6.37. The Hall–Kier alpha value is -1.03. The average molecular weight is 257 g/mol. The van der Waals surface area contributed by atoms with E-state index in [4.69, 9.17) is 0 Å². The van der Waals surface area contributed by atoms with Gasteiger partial charge in [0.2, 0.25) is 0 Å². The Labute approximate surface area is 105 Å². The Morgan fingerprint density at radius 3 is 2.39 bits per heavy atom. The van der Waals surface area contributed by atoms with Crippen LogP contribution in [0.4, 0.5) is 13.2 Å². The second-order valence-corrected chi connectivity index (χ2v) is 5.38. The Bertz CT molecular complexity index is 408. The van der Waals surface area contributed by atoms with Gasteiger partial charge in [0, 0.05) is 12.0 Å². The molecule has 1 nitrogen and oxygen atoms in total. The van der Waals surface area contributed by atoms with Gasteiger partial charge >= 0.3 is 0 Å². The molecule has 18 heavy (non-hydrogen) atoms. The van der Waals surface area contributed by atoms with E-state index in [1.165, 1.54) is 0 Å². The minimum Gasteiger partial charge on any atom is -0.313 e. The van der Waals surface area contributed by atoms with Crippen LogP contribution in [-0.2, 0) is 0 Å². The summed E-state index contributed by atoms with van der Waals surface area (Å²) in [5, 5.41) is 3.35. The fourth-order valence-electron chi connectivity index (χ4n) is 2.71. The summed E-state index contributed by atoms with van der Waals surface area (Å²) in [6, 6.07) is 2.47. The number of benzene rings is 1. The summed E-state index contributed by atoms with van der Waals surface area (Å²) >= 11 is 0. The van der Waals surface area contributed by atoms with E-state index in [9.17, 15) is 13.2 Å². The number of hydrogen-bond acceptors (Lipinski definition) is 1. The van der Waals surface area contributed by atoms with Crippen molar-refractivity contribution in [3.8, 4) is 0 Å².